The molecule has 0 amide bonds. The first-order valence-electron chi connectivity index (χ1n) is 8.26. The van der Waals surface area contributed by atoms with Crippen LogP contribution in [0.3, 0.4) is 0 Å². The maximum Gasteiger partial charge on any atom is 0.303 e. The molecule has 0 unspecified atom stereocenters. The third-order valence-corrected chi connectivity index (χ3v) is 6.32. The fourth-order valence-corrected chi connectivity index (χ4v) is 5.07. The van der Waals surface area contributed by atoms with Crippen molar-refractivity contribution in [3.63, 3.8) is 0 Å². The molecular formula is C17H24ClNO4S. The van der Waals surface area contributed by atoms with Crippen molar-refractivity contribution in [2.45, 2.75) is 44.7 Å². The molecular weight excluding hydrogens is 350 g/mol. The van der Waals surface area contributed by atoms with E-state index in [9.17, 15) is 13.2 Å². The summed E-state index contributed by atoms with van der Waals surface area (Å²) in [7, 11) is -2.93. The Morgan fingerprint density at radius 3 is 2.71 bits per heavy atom. The Morgan fingerprint density at radius 2 is 2.08 bits per heavy atom. The first kappa shape index (κ1) is 19.2. The minimum atomic E-state index is -2.93. The number of hydrogen-bond donors (Lipinski definition) is 1. The van der Waals surface area contributed by atoms with E-state index in [0.29, 0.717) is 24.4 Å². The molecule has 1 saturated heterocycles. The van der Waals surface area contributed by atoms with E-state index in [0.717, 1.165) is 24.9 Å². The molecule has 1 aromatic rings. The largest absolute Gasteiger partial charge is 0.481 e. The Kier molecular flexibility index (Phi) is 7.07. The molecule has 134 valence electrons. The number of nitrogens with zero attached hydrogens (tertiary/aromatic N) is 1. The van der Waals surface area contributed by atoms with Crippen molar-refractivity contribution in [1.82, 2.24) is 4.90 Å². The van der Waals surface area contributed by atoms with Crippen molar-refractivity contribution in [2.24, 2.45) is 0 Å². The zero-order valence-electron chi connectivity index (χ0n) is 13.7. The number of carbonyl (C=O) groups is 1. The van der Waals surface area contributed by atoms with Crippen LogP contribution >= 0.6 is 11.6 Å². The van der Waals surface area contributed by atoms with Gasteiger partial charge in [0, 0.05) is 24.0 Å². The summed E-state index contributed by atoms with van der Waals surface area (Å²) in [6.07, 6.45) is 3.20. The predicted molar refractivity (Wildman–Crippen MR) is 95.0 cm³/mol. The lowest BCUT2D eigenvalue weighted by molar-refractivity contribution is -0.137. The first-order chi connectivity index (χ1) is 11.4. The van der Waals surface area contributed by atoms with Gasteiger partial charge in [0.1, 0.15) is 0 Å². The van der Waals surface area contributed by atoms with Gasteiger partial charge in [0.2, 0.25) is 0 Å². The first-order valence-corrected chi connectivity index (χ1v) is 10.5. The third-order valence-electron chi connectivity index (χ3n) is 4.34. The summed E-state index contributed by atoms with van der Waals surface area (Å²) in [6, 6.07) is 7.65. The SMILES string of the molecule is O=C(O)CCCCCN(Cc1cccc(Cl)c1)[C@H]1CCS(=O)(=O)C1. The highest BCUT2D eigenvalue weighted by molar-refractivity contribution is 7.91. The number of carboxylic acids is 1. The predicted octanol–water partition coefficient (Wildman–Crippen LogP) is 2.97. The van der Waals surface area contributed by atoms with Crippen LogP contribution < -0.4 is 0 Å². The Balaban J connectivity index is 1.95. The smallest absolute Gasteiger partial charge is 0.303 e. The molecule has 1 aliphatic rings. The van der Waals surface area contributed by atoms with Crippen LogP contribution in [0.4, 0.5) is 0 Å². The molecule has 0 spiro atoms. The number of benzene rings is 1. The van der Waals surface area contributed by atoms with E-state index in [4.69, 9.17) is 16.7 Å². The number of rotatable bonds is 9. The number of halogens is 1. The number of hydrogen-bond acceptors (Lipinski definition) is 4. The highest BCUT2D eigenvalue weighted by atomic mass is 35.5. The molecule has 1 N–H and O–H groups in total. The molecule has 5 nitrogen and oxygen atoms in total. The normalized spacial score (nSPS) is 19.7. The van der Waals surface area contributed by atoms with E-state index in [-0.39, 0.29) is 24.0 Å². The standard InChI is InChI=1S/C17H24ClNO4S/c18-15-6-4-5-14(11-15)12-19(9-3-1-2-7-17(20)21)16-8-10-24(22,23)13-16/h4-6,11,16H,1-3,7-10,12-13H2,(H,20,21)/t16-/m0/s1. The molecule has 2 rings (SSSR count). The highest BCUT2D eigenvalue weighted by Crippen LogP contribution is 2.22. The maximum absolute atomic E-state index is 11.8. The summed E-state index contributed by atoms with van der Waals surface area (Å²) >= 11 is 6.04. The second kappa shape index (κ2) is 8.83. The number of unbranched alkanes of at least 4 members (excludes halogenated alkanes) is 2. The van der Waals surface area contributed by atoms with E-state index in [2.05, 4.69) is 4.90 Å². The van der Waals surface area contributed by atoms with Gasteiger partial charge in [-0.3, -0.25) is 9.69 Å². The van der Waals surface area contributed by atoms with Crippen molar-refractivity contribution in [1.29, 1.82) is 0 Å². The van der Waals surface area contributed by atoms with E-state index in [1.165, 1.54) is 0 Å². The number of sulfone groups is 1. The molecule has 1 aliphatic heterocycles. The van der Waals surface area contributed by atoms with Gasteiger partial charge >= 0.3 is 5.97 Å². The summed E-state index contributed by atoms with van der Waals surface area (Å²) in [5.74, 6) is -0.307. The van der Waals surface area contributed by atoms with Crippen LogP contribution in [0, 0.1) is 0 Å². The Morgan fingerprint density at radius 1 is 1.29 bits per heavy atom. The zero-order valence-corrected chi connectivity index (χ0v) is 15.2. The average molecular weight is 374 g/mol. The van der Waals surface area contributed by atoms with E-state index in [1.54, 1.807) is 0 Å². The van der Waals surface area contributed by atoms with Gasteiger partial charge in [0.05, 0.1) is 11.5 Å². The monoisotopic (exact) mass is 373 g/mol. The summed E-state index contributed by atoms with van der Waals surface area (Å²) in [4.78, 5) is 12.8. The Bertz CT molecular complexity index is 662. The van der Waals surface area contributed by atoms with Gasteiger partial charge in [0.25, 0.3) is 0 Å². The van der Waals surface area contributed by atoms with E-state index < -0.39 is 15.8 Å². The fraction of sp³-hybridized carbons (Fsp3) is 0.588. The van der Waals surface area contributed by atoms with Crippen LogP contribution in [-0.4, -0.2) is 48.5 Å². The summed E-state index contributed by atoms with van der Waals surface area (Å²) < 4.78 is 23.6. The molecule has 0 bridgehead atoms. The van der Waals surface area contributed by atoms with Crippen molar-refractivity contribution < 1.29 is 18.3 Å². The quantitative estimate of drug-likeness (QED) is 0.673. The lowest BCUT2D eigenvalue weighted by atomic mass is 10.1. The summed E-state index contributed by atoms with van der Waals surface area (Å²) in [5.41, 5.74) is 1.07. The van der Waals surface area contributed by atoms with E-state index >= 15 is 0 Å². The molecule has 0 aromatic heterocycles. The summed E-state index contributed by atoms with van der Waals surface area (Å²) in [5, 5.41) is 9.36. The molecule has 1 heterocycles. The van der Waals surface area contributed by atoms with Gasteiger partial charge in [0.15, 0.2) is 9.84 Å². The Labute approximate surface area is 148 Å². The molecule has 24 heavy (non-hydrogen) atoms. The van der Waals surface area contributed by atoms with Gasteiger partial charge in [-0.1, -0.05) is 30.2 Å². The zero-order chi connectivity index (χ0) is 17.6. The lowest BCUT2D eigenvalue weighted by Crippen LogP contribution is -2.36. The lowest BCUT2D eigenvalue weighted by Gasteiger charge is -2.28. The van der Waals surface area contributed by atoms with Gasteiger partial charge < -0.3 is 5.11 Å². The molecule has 0 aliphatic carbocycles. The van der Waals surface area contributed by atoms with Gasteiger partial charge in [-0.05, 0) is 43.5 Å². The topological polar surface area (TPSA) is 74.7 Å². The second-order valence-corrected chi connectivity index (χ2v) is 9.03. The highest BCUT2D eigenvalue weighted by Gasteiger charge is 2.31. The van der Waals surface area contributed by atoms with Gasteiger partial charge in [-0.25, -0.2) is 8.42 Å². The van der Waals surface area contributed by atoms with Crippen molar-refractivity contribution in [3.8, 4) is 0 Å². The van der Waals surface area contributed by atoms with Crippen LogP contribution in [0.1, 0.15) is 37.7 Å². The third kappa shape index (κ3) is 6.42. The molecule has 0 radical (unpaired) electrons. The second-order valence-electron chi connectivity index (χ2n) is 6.36. The van der Waals surface area contributed by atoms with Crippen LogP contribution in [0.25, 0.3) is 0 Å². The Hall–Kier alpha value is -1.11. The van der Waals surface area contributed by atoms with Crippen LogP contribution in [-0.2, 0) is 21.2 Å². The number of carboxylic acid groups (broad SMARTS) is 1. The molecule has 1 aromatic carbocycles. The average Bonchev–Trinajstić information content (AvgIpc) is 2.85. The molecule has 0 saturated carbocycles. The minimum absolute atomic E-state index is 0.0356. The van der Waals surface area contributed by atoms with Crippen LogP contribution in [0.15, 0.2) is 24.3 Å². The van der Waals surface area contributed by atoms with Crippen LogP contribution in [0.5, 0.6) is 0 Å². The fourth-order valence-electron chi connectivity index (χ4n) is 3.09. The summed E-state index contributed by atoms with van der Waals surface area (Å²) in [6.45, 7) is 1.44. The van der Waals surface area contributed by atoms with Gasteiger partial charge in [-0.2, -0.15) is 0 Å². The molecule has 1 fully saturated rings. The number of aliphatic carboxylic acids is 1. The van der Waals surface area contributed by atoms with Gasteiger partial charge in [-0.15, -0.1) is 0 Å². The molecule has 1 atom stereocenters. The van der Waals surface area contributed by atoms with Crippen molar-refractivity contribution in [3.05, 3.63) is 34.9 Å². The minimum Gasteiger partial charge on any atom is -0.481 e. The van der Waals surface area contributed by atoms with Crippen molar-refractivity contribution in [2.75, 3.05) is 18.1 Å². The van der Waals surface area contributed by atoms with Crippen LogP contribution in [0.2, 0.25) is 5.02 Å². The molecule has 7 heteroatoms. The maximum atomic E-state index is 11.8. The van der Waals surface area contributed by atoms with E-state index in [1.807, 2.05) is 24.3 Å². The van der Waals surface area contributed by atoms with Crippen molar-refractivity contribution >= 4 is 27.4 Å².